The van der Waals surface area contributed by atoms with Crippen molar-refractivity contribution in [2.24, 2.45) is 5.92 Å². The number of anilines is 1. The lowest BCUT2D eigenvalue weighted by molar-refractivity contribution is -0.145. The topological polar surface area (TPSA) is 38.3 Å². The van der Waals surface area contributed by atoms with Crippen LogP contribution in [0.3, 0.4) is 0 Å². The summed E-state index contributed by atoms with van der Waals surface area (Å²) in [6.45, 7) is 2.16. The number of rotatable bonds is 3. The number of nitrogens with one attached hydrogen (secondary N) is 1. The molecule has 1 saturated carbocycles. The molecule has 2 rings (SSSR count). The van der Waals surface area contributed by atoms with Crippen LogP contribution >= 0.6 is 27.5 Å². The third kappa shape index (κ3) is 3.06. The predicted octanol–water partition coefficient (Wildman–Crippen LogP) is 4.25. The SMILES string of the molecule is COC(=O)C1(Nc2ccc(Cl)c(Br)c2)CCC(C)C1. The number of carbonyl (C=O) groups excluding carboxylic acids is 1. The van der Waals surface area contributed by atoms with E-state index in [4.69, 9.17) is 16.3 Å². The summed E-state index contributed by atoms with van der Waals surface area (Å²) in [6, 6.07) is 5.56. The van der Waals surface area contributed by atoms with E-state index in [2.05, 4.69) is 28.2 Å². The molecule has 19 heavy (non-hydrogen) atoms. The molecule has 5 heteroatoms. The van der Waals surface area contributed by atoms with Gasteiger partial charge in [-0.2, -0.15) is 0 Å². The first-order valence-corrected chi connectivity index (χ1v) is 7.45. The fourth-order valence-electron chi connectivity index (χ4n) is 2.69. The van der Waals surface area contributed by atoms with Gasteiger partial charge in [0, 0.05) is 10.2 Å². The van der Waals surface area contributed by atoms with Crippen LogP contribution in [-0.4, -0.2) is 18.6 Å². The Bertz CT molecular complexity index is 494. The van der Waals surface area contributed by atoms with Gasteiger partial charge >= 0.3 is 5.97 Å². The van der Waals surface area contributed by atoms with E-state index in [-0.39, 0.29) is 5.97 Å². The van der Waals surface area contributed by atoms with Crippen LogP contribution in [0.4, 0.5) is 5.69 Å². The number of methoxy groups -OCH3 is 1. The highest BCUT2D eigenvalue weighted by molar-refractivity contribution is 9.10. The molecule has 0 aliphatic heterocycles. The van der Waals surface area contributed by atoms with Crippen molar-refractivity contribution >= 4 is 39.2 Å². The second-order valence-electron chi connectivity index (χ2n) is 5.18. The van der Waals surface area contributed by atoms with Gasteiger partial charge in [-0.1, -0.05) is 18.5 Å². The lowest BCUT2D eigenvalue weighted by Crippen LogP contribution is -2.45. The number of ether oxygens (including phenoxy) is 1. The van der Waals surface area contributed by atoms with Gasteiger partial charge in [0.1, 0.15) is 5.54 Å². The molecule has 1 aromatic rings. The molecule has 0 aromatic heterocycles. The predicted molar refractivity (Wildman–Crippen MR) is 80.5 cm³/mol. The van der Waals surface area contributed by atoms with Gasteiger partial charge < -0.3 is 10.1 Å². The van der Waals surface area contributed by atoms with Crippen LogP contribution in [0.1, 0.15) is 26.2 Å². The van der Waals surface area contributed by atoms with Crippen LogP contribution in [0.5, 0.6) is 0 Å². The lowest BCUT2D eigenvalue weighted by atomic mass is 9.95. The summed E-state index contributed by atoms with van der Waals surface area (Å²) < 4.78 is 5.78. The lowest BCUT2D eigenvalue weighted by Gasteiger charge is -2.29. The number of esters is 1. The van der Waals surface area contributed by atoms with Gasteiger partial charge in [0.15, 0.2) is 0 Å². The van der Waals surface area contributed by atoms with Crippen LogP contribution in [0.15, 0.2) is 22.7 Å². The fraction of sp³-hybridized carbons (Fsp3) is 0.500. The third-order valence-corrected chi connectivity index (χ3v) is 4.85. The molecule has 0 bridgehead atoms. The Labute approximate surface area is 126 Å². The average molecular weight is 347 g/mol. The summed E-state index contributed by atoms with van der Waals surface area (Å²) in [7, 11) is 1.44. The smallest absolute Gasteiger partial charge is 0.331 e. The highest BCUT2D eigenvalue weighted by atomic mass is 79.9. The van der Waals surface area contributed by atoms with Crippen LogP contribution in [-0.2, 0) is 9.53 Å². The van der Waals surface area contributed by atoms with E-state index < -0.39 is 5.54 Å². The van der Waals surface area contributed by atoms with Crippen LogP contribution in [0.2, 0.25) is 5.02 Å². The van der Waals surface area contributed by atoms with Crippen molar-refractivity contribution in [1.29, 1.82) is 0 Å². The fourth-order valence-corrected chi connectivity index (χ4v) is 3.18. The quantitative estimate of drug-likeness (QED) is 0.832. The van der Waals surface area contributed by atoms with Gasteiger partial charge in [0.25, 0.3) is 0 Å². The van der Waals surface area contributed by atoms with E-state index in [1.807, 2.05) is 12.1 Å². The van der Waals surface area contributed by atoms with Crippen molar-refractivity contribution in [3.63, 3.8) is 0 Å². The maximum absolute atomic E-state index is 12.1. The molecule has 0 radical (unpaired) electrons. The molecule has 0 amide bonds. The molecule has 2 unspecified atom stereocenters. The van der Waals surface area contributed by atoms with Crippen molar-refractivity contribution in [3.8, 4) is 0 Å². The van der Waals surface area contributed by atoms with E-state index in [0.717, 1.165) is 29.4 Å². The van der Waals surface area contributed by atoms with Crippen molar-refractivity contribution in [2.45, 2.75) is 31.7 Å². The van der Waals surface area contributed by atoms with Gasteiger partial charge in [-0.3, -0.25) is 0 Å². The maximum Gasteiger partial charge on any atom is 0.331 e. The highest BCUT2D eigenvalue weighted by Crippen LogP contribution is 2.38. The minimum Gasteiger partial charge on any atom is -0.467 e. The molecule has 0 spiro atoms. The van der Waals surface area contributed by atoms with Gasteiger partial charge in [-0.05, 0) is 59.3 Å². The molecule has 104 valence electrons. The van der Waals surface area contributed by atoms with Gasteiger partial charge in [0.2, 0.25) is 0 Å². The second kappa shape index (κ2) is 5.71. The molecule has 1 aliphatic rings. The second-order valence-corrected chi connectivity index (χ2v) is 6.44. The number of hydrogen-bond acceptors (Lipinski definition) is 3. The maximum atomic E-state index is 12.1. The van der Waals surface area contributed by atoms with Crippen molar-refractivity contribution in [3.05, 3.63) is 27.7 Å². The van der Waals surface area contributed by atoms with Gasteiger partial charge in [-0.15, -0.1) is 0 Å². The van der Waals surface area contributed by atoms with E-state index >= 15 is 0 Å². The number of halogens is 2. The summed E-state index contributed by atoms with van der Waals surface area (Å²) in [5, 5.41) is 3.99. The average Bonchev–Trinajstić information content (AvgIpc) is 2.75. The van der Waals surface area contributed by atoms with E-state index in [1.165, 1.54) is 7.11 Å². The third-order valence-electron chi connectivity index (χ3n) is 3.64. The highest BCUT2D eigenvalue weighted by Gasteiger charge is 2.45. The van der Waals surface area contributed by atoms with Crippen LogP contribution in [0.25, 0.3) is 0 Å². The normalized spacial score (nSPS) is 26.2. The minimum atomic E-state index is -0.610. The Hall–Kier alpha value is -0.740. The summed E-state index contributed by atoms with van der Waals surface area (Å²) in [4.78, 5) is 12.1. The molecule has 3 nitrogen and oxygen atoms in total. The monoisotopic (exact) mass is 345 g/mol. The first-order chi connectivity index (χ1) is 8.97. The Balaban J connectivity index is 2.26. The van der Waals surface area contributed by atoms with Crippen molar-refractivity contribution in [2.75, 3.05) is 12.4 Å². The Morgan fingerprint density at radius 2 is 2.32 bits per heavy atom. The molecule has 1 aliphatic carbocycles. The Morgan fingerprint density at radius 1 is 1.58 bits per heavy atom. The van der Waals surface area contributed by atoms with Crippen molar-refractivity contribution < 1.29 is 9.53 Å². The number of benzene rings is 1. The summed E-state index contributed by atoms with van der Waals surface area (Å²) in [5.41, 5.74) is 0.261. The molecule has 0 heterocycles. The van der Waals surface area contributed by atoms with Crippen molar-refractivity contribution in [1.82, 2.24) is 0 Å². The molecule has 0 saturated heterocycles. The molecule has 1 fully saturated rings. The first kappa shape index (κ1) is 14.7. The first-order valence-electron chi connectivity index (χ1n) is 6.28. The van der Waals surface area contributed by atoms with Gasteiger partial charge in [-0.25, -0.2) is 4.79 Å². The van der Waals surface area contributed by atoms with Gasteiger partial charge in [0.05, 0.1) is 12.1 Å². The number of hydrogen-bond donors (Lipinski definition) is 1. The van der Waals surface area contributed by atoms with Crippen LogP contribution < -0.4 is 5.32 Å². The molecular formula is C14H17BrClNO2. The van der Waals surface area contributed by atoms with Crippen LogP contribution in [0, 0.1) is 5.92 Å². The van der Waals surface area contributed by atoms with E-state index in [0.29, 0.717) is 10.9 Å². The molecule has 2 atom stereocenters. The summed E-state index contributed by atoms with van der Waals surface area (Å²) in [5.74, 6) is 0.324. The zero-order chi connectivity index (χ0) is 14.0. The zero-order valence-electron chi connectivity index (χ0n) is 11.0. The largest absolute Gasteiger partial charge is 0.467 e. The van der Waals surface area contributed by atoms with E-state index in [1.54, 1.807) is 6.07 Å². The summed E-state index contributed by atoms with van der Waals surface area (Å²) >= 11 is 9.37. The Morgan fingerprint density at radius 3 is 2.84 bits per heavy atom. The zero-order valence-corrected chi connectivity index (χ0v) is 13.3. The molecule has 1 N–H and O–H groups in total. The Kier molecular flexibility index (Phi) is 4.41. The standard InChI is InChI=1S/C14H17BrClNO2/c1-9-5-6-14(8-9,13(18)19-2)17-10-3-4-12(16)11(15)7-10/h3-4,7,9,17H,5-6,8H2,1-2H3. The summed E-state index contributed by atoms with van der Waals surface area (Å²) in [6.07, 6.45) is 2.61. The number of carbonyl (C=O) groups is 1. The van der Waals surface area contributed by atoms with E-state index in [9.17, 15) is 4.79 Å². The molecule has 1 aromatic carbocycles. The minimum absolute atomic E-state index is 0.192. The molecular weight excluding hydrogens is 330 g/mol.